The largest absolute Gasteiger partial charge is 0.309 e. The van der Waals surface area contributed by atoms with E-state index in [9.17, 15) is 0 Å². The highest BCUT2D eigenvalue weighted by Crippen LogP contribution is 2.43. The molecule has 0 saturated heterocycles. The predicted molar refractivity (Wildman–Crippen MR) is 186 cm³/mol. The minimum Gasteiger partial charge on any atom is -0.309 e. The maximum Gasteiger partial charge on any atom is 0.0620 e. The topological polar surface area (TPSA) is 9.34 Å². The lowest BCUT2D eigenvalue weighted by atomic mass is 9.95. The van der Waals surface area contributed by atoms with Gasteiger partial charge in [0.1, 0.15) is 0 Å². The van der Waals surface area contributed by atoms with E-state index in [2.05, 4.69) is 167 Å². The fourth-order valence-corrected chi connectivity index (χ4v) is 7.56. The van der Waals surface area contributed by atoms with Crippen LogP contribution in [-0.4, -0.2) is 8.97 Å². The van der Waals surface area contributed by atoms with Crippen molar-refractivity contribution in [3.05, 3.63) is 158 Å². The van der Waals surface area contributed by atoms with Crippen LogP contribution in [0.15, 0.2) is 158 Å². The van der Waals surface area contributed by atoms with Crippen LogP contribution in [0, 0.1) is 0 Å². The molecule has 0 aliphatic rings. The second-order valence-corrected chi connectivity index (χ2v) is 11.8. The van der Waals surface area contributed by atoms with Crippen LogP contribution < -0.4 is 0 Å². The first kappa shape index (κ1) is 23.7. The van der Waals surface area contributed by atoms with Crippen LogP contribution in [0.3, 0.4) is 0 Å². The maximum atomic E-state index is 2.47. The predicted octanol–water partition coefficient (Wildman–Crippen LogP) is 11.3. The van der Waals surface area contributed by atoms with Gasteiger partial charge in [-0.3, -0.25) is 0 Å². The molecule has 3 aromatic heterocycles. The number of para-hydroxylation sites is 4. The highest BCUT2D eigenvalue weighted by molar-refractivity contribution is 6.23. The van der Waals surface area contributed by atoms with Crippen molar-refractivity contribution in [3.63, 3.8) is 0 Å². The Morgan fingerprint density at radius 2 is 0.932 bits per heavy atom. The van der Waals surface area contributed by atoms with Crippen molar-refractivity contribution in [2.75, 3.05) is 0 Å². The van der Waals surface area contributed by atoms with E-state index in [0.717, 1.165) is 0 Å². The zero-order valence-electron chi connectivity index (χ0n) is 23.9. The monoisotopic (exact) mass is 558 g/mol. The smallest absolute Gasteiger partial charge is 0.0620 e. The van der Waals surface area contributed by atoms with E-state index in [1.165, 1.54) is 87.8 Å². The third kappa shape index (κ3) is 3.14. The first-order chi connectivity index (χ1) is 21.8. The van der Waals surface area contributed by atoms with Gasteiger partial charge in [-0.1, -0.05) is 115 Å². The number of nitrogens with zero attached hydrogens (tertiary/aromatic N) is 2. The highest BCUT2D eigenvalue weighted by Gasteiger charge is 2.20. The molecular formula is C42H26N2. The molecule has 0 saturated carbocycles. The van der Waals surface area contributed by atoms with Gasteiger partial charge in [-0.05, 0) is 59.2 Å². The zero-order chi connectivity index (χ0) is 28.8. The van der Waals surface area contributed by atoms with Gasteiger partial charge in [-0.25, -0.2) is 0 Å². The summed E-state index contributed by atoms with van der Waals surface area (Å²) in [7, 11) is 0. The van der Waals surface area contributed by atoms with E-state index in [1.54, 1.807) is 0 Å². The molecule has 3 heterocycles. The lowest BCUT2D eigenvalue weighted by Gasteiger charge is -2.14. The van der Waals surface area contributed by atoms with Crippen LogP contribution >= 0.6 is 0 Å². The Labute approximate surface area is 254 Å². The van der Waals surface area contributed by atoms with Gasteiger partial charge in [0.05, 0.1) is 27.6 Å². The normalized spacial score (nSPS) is 12.1. The Bertz CT molecular complexity index is 2690. The summed E-state index contributed by atoms with van der Waals surface area (Å²) in [4.78, 5) is 0. The van der Waals surface area contributed by atoms with Crippen molar-refractivity contribution < 1.29 is 0 Å². The minimum absolute atomic E-state index is 1.17. The summed E-state index contributed by atoms with van der Waals surface area (Å²) in [5, 5.41) is 7.76. The standard InChI is InChI=1S/C42H26N2/c1-3-12-27(13-4-1)36-24-29(25-37-32-17-8-9-20-38(32)43(42(36)37)30-14-5-2-6-15-30)28-22-23-33-35-19-11-18-34-31-16-7-10-21-39(31)44(41(34)35)40(33)26-28/h1-26H. The molecule has 0 bridgehead atoms. The van der Waals surface area contributed by atoms with Crippen molar-refractivity contribution in [2.45, 2.75) is 0 Å². The van der Waals surface area contributed by atoms with Crippen LogP contribution in [0.25, 0.3) is 87.8 Å². The summed E-state index contributed by atoms with van der Waals surface area (Å²) in [6.45, 7) is 0. The van der Waals surface area contributed by atoms with Gasteiger partial charge in [0.25, 0.3) is 0 Å². The molecule has 2 heteroatoms. The fraction of sp³-hybridized carbons (Fsp3) is 0. The van der Waals surface area contributed by atoms with Gasteiger partial charge >= 0.3 is 0 Å². The van der Waals surface area contributed by atoms with Gasteiger partial charge in [0.2, 0.25) is 0 Å². The summed E-state index contributed by atoms with van der Waals surface area (Å²) in [6, 6.07) is 57.7. The van der Waals surface area contributed by atoms with Crippen LogP contribution in [0.4, 0.5) is 0 Å². The molecule has 10 rings (SSSR count). The van der Waals surface area contributed by atoms with Crippen LogP contribution in [-0.2, 0) is 0 Å². The van der Waals surface area contributed by atoms with E-state index in [0.29, 0.717) is 0 Å². The molecule has 0 amide bonds. The lowest BCUT2D eigenvalue weighted by Crippen LogP contribution is -1.95. The average Bonchev–Trinajstić information content (AvgIpc) is 3.74. The Hall–Kier alpha value is -5.86. The SMILES string of the molecule is c1ccc(-c2cc(-c3ccc4c5cccc6c7ccccc7n(c4c3)c65)cc3c4ccccc4n(-c4ccccc4)c23)cc1. The number of fused-ring (bicyclic) bond motifs is 9. The van der Waals surface area contributed by atoms with E-state index in [1.807, 2.05) is 0 Å². The molecule has 0 N–H and O–H groups in total. The summed E-state index contributed by atoms with van der Waals surface area (Å²) >= 11 is 0. The summed E-state index contributed by atoms with van der Waals surface area (Å²) in [6.07, 6.45) is 0. The Balaban J connectivity index is 1.32. The lowest BCUT2D eigenvalue weighted by molar-refractivity contribution is 1.18. The third-order valence-corrected chi connectivity index (χ3v) is 9.42. The average molecular weight is 559 g/mol. The first-order valence-corrected chi connectivity index (χ1v) is 15.2. The van der Waals surface area contributed by atoms with Crippen LogP contribution in [0.2, 0.25) is 0 Å². The number of aromatic nitrogens is 2. The highest BCUT2D eigenvalue weighted by atomic mass is 15.0. The molecule has 0 radical (unpaired) electrons. The second kappa shape index (κ2) is 8.82. The summed E-state index contributed by atoms with van der Waals surface area (Å²) < 4.78 is 4.90. The van der Waals surface area contributed by atoms with Gasteiger partial charge in [-0.15, -0.1) is 0 Å². The molecule has 204 valence electrons. The molecular weight excluding hydrogens is 532 g/mol. The molecule has 0 aliphatic carbocycles. The quantitative estimate of drug-likeness (QED) is 0.204. The van der Waals surface area contributed by atoms with Crippen LogP contribution in [0.1, 0.15) is 0 Å². The number of hydrogen-bond acceptors (Lipinski definition) is 0. The molecule has 0 atom stereocenters. The van der Waals surface area contributed by atoms with Crippen molar-refractivity contribution >= 4 is 59.9 Å². The Morgan fingerprint density at radius 1 is 0.318 bits per heavy atom. The van der Waals surface area contributed by atoms with Crippen LogP contribution in [0.5, 0.6) is 0 Å². The molecule has 0 spiro atoms. The molecule has 10 aromatic rings. The van der Waals surface area contributed by atoms with Crippen molar-refractivity contribution in [1.29, 1.82) is 0 Å². The van der Waals surface area contributed by atoms with E-state index >= 15 is 0 Å². The Kier molecular flexibility index (Phi) is 4.75. The second-order valence-electron chi connectivity index (χ2n) is 11.8. The number of hydrogen-bond donors (Lipinski definition) is 0. The fourth-order valence-electron chi connectivity index (χ4n) is 7.56. The van der Waals surface area contributed by atoms with Gasteiger partial charge < -0.3 is 8.97 Å². The van der Waals surface area contributed by atoms with E-state index < -0.39 is 0 Å². The zero-order valence-corrected chi connectivity index (χ0v) is 23.9. The summed E-state index contributed by atoms with van der Waals surface area (Å²) in [5.74, 6) is 0. The van der Waals surface area contributed by atoms with Gasteiger partial charge in [0.15, 0.2) is 0 Å². The van der Waals surface area contributed by atoms with Gasteiger partial charge in [-0.2, -0.15) is 0 Å². The van der Waals surface area contributed by atoms with Crippen molar-refractivity contribution in [1.82, 2.24) is 8.97 Å². The summed E-state index contributed by atoms with van der Waals surface area (Å²) in [5.41, 5.74) is 12.3. The minimum atomic E-state index is 1.17. The van der Waals surface area contributed by atoms with Crippen molar-refractivity contribution in [2.24, 2.45) is 0 Å². The third-order valence-electron chi connectivity index (χ3n) is 9.42. The first-order valence-electron chi connectivity index (χ1n) is 15.2. The van der Waals surface area contributed by atoms with E-state index in [4.69, 9.17) is 0 Å². The van der Waals surface area contributed by atoms with Gasteiger partial charge in [0, 0.05) is 43.6 Å². The molecule has 7 aromatic carbocycles. The molecule has 0 fully saturated rings. The van der Waals surface area contributed by atoms with E-state index in [-0.39, 0.29) is 0 Å². The molecule has 2 nitrogen and oxygen atoms in total. The maximum absolute atomic E-state index is 2.47. The number of rotatable bonds is 3. The van der Waals surface area contributed by atoms with Crippen molar-refractivity contribution in [3.8, 4) is 27.9 Å². The molecule has 44 heavy (non-hydrogen) atoms. The molecule has 0 aliphatic heterocycles. The number of benzene rings is 7. The molecule has 0 unspecified atom stereocenters. The Morgan fingerprint density at radius 3 is 1.70 bits per heavy atom.